The normalized spacial score (nSPS) is 11.2. The van der Waals surface area contributed by atoms with Crippen molar-refractivity contribution in [1.29, 1.82) is 0 Å². The van der Waals surface area contributed by atoms with E-state index >= 15 is 0 Å². The van der Waals surface area contributed by atoms with E-state index in [0.717, 1.165) is 11.1 Å². The van der Waals surface area contributed by atoms with Crippen molar-refractivity contribution in [2.75, 3.05) is 0 Å². The minimum absolute atomic E-state index is 0.205. The minimum atomic E-state index is -0.992. The smallest absolute Gasteiger partial charge is 0.307 e. The number of aliphatic carboxylic acids is 1. The van der Waals surface area contributed by atoms with Crippen LogP contribution in [0.5, 0.6) is 0 Å². The van der Waals surface area contributed by atoms with Crippen LogP contribution < -0.4 is 0 Å². The number of Topliss-reactive ketones (excluding diaryl/α,β-unsaturated/α-hetero) is 1. The van der Waals surface area contributed by atoms with Gasteiger partial charge in [-0.1, -0.05) is 29.8 Å². The molecule has 0 aliphatic carbocycles. The first-order chi connectivity index (χ1) is 7.49. The molecule has 1 aromatic rings. The fourth-order valence-electron chi connectivity index (χ4n) is 1.40. The molecular formula is C13H14O3. The van der Waals surface area contributed by atoms with Crippen molar-refractivity contribution in [2.24, 2.45) is 0 Å². The van der Waals surface area contributed by atoms with Gasteiger partial charge in [-0.05, 0) is 25.5 Å². The third kappa shape index (κ3) is 3.69. The molecule has 0 amide bonds. The van der Waals surface area contributed by atoms with Crippen LogP contribution in [0.3, 0.4) is 0 Å². The Morgan fingerprint density at radius 1 is 1.38 bits per heavy atom. The Balaban J connectivity index is 3.02. The number of carboxylic acids is 1. The summed E-state index contributed by atoms with van der Waals surface area (Å²) in [6.07, 6.45) is 1.40. The Morgan fingerprint density at radius 2 is 2.06 bits per heavy atom. The maximum atomic E-state index is 11.2. The zero-order chi connectivity index (χ0) is 12.1. The summed E-state index contributed by atoms with van der Waals surface area (Å²) in [6, 6.07) is 7.57. The highest BCUT2D eigenvalue weighted by atomic mass is 16.4. The second-order valence-electron chi connectivity index (χ2n) is 3.71. The van der Waals surface area contributed by atoms with Crippen molar-refractivity contribution in [1.82, 2.24) is 0 Å². The molecule has 0 bridgehead atoms. The Bertz CT molecular complexity index is 444. The first-order valence-electron chi connectivity index (χ1n) is 4.99. The molecule has 0 heterocycles. The van der Waals surface area contributed by atoms with E-state index in [1.165, 1.54) is 6.92 Å². The molecule has 0 aromatic heterocycles. The molecule has 84 valence electrons. The SMILES string of the molecule is CC(=O)/C(=C/c1cccc(C)c1)CC(=O)O. The molecule has 0 saturated carbocycles. The van der Waals surface area contributed by atoms with Crippen molar-refractivity contribution in [3.8, 4) is 0 Å². The standard InChI is InChI=1S/C13H14O3/c1-9-4-3-5-11(6-9)7-12(10(2)14)8-13(15)16/h3-7H,8H2,1-2H3,(H,15,16)/b12-7+. The van der Waals surface area contributed by atoms with Gasteiger partial charge >= 0.3 is 5.97 Å². The van der Waals surface area contributed by atoms with Crippen LogP contribution in [0, 0.1) is 6.92 Å². The number of rotatable bonds is 4. The molecular weight excluding hydrogens is 204 g/mol. The molecule has 0 atom stereocenters. The van der Waals surface area contributed by atoms with Crippen LogP contribution in [0.1, 0.15) is 24.5 Å². The molecule has 1 rings (SSSR count). The first-order valence-corrected chi connectivity index (χ1v) is 4.99. The Kier molecular flexibility index (Phi) is 4.00. The van der Waals surface area contributed by atoms with Crippen molar-refractivity contribution in [2.45, 2.75) is 20.3 Å². The van der Waals surface area contributed by atoms with E-state index in [4.69, 9.17) is 5.11 Å². The average Bonchev–Trinajstić information content (AvgIpc) is 2.15. The summed E-state index contributed by atoms with van der Waals surface area (Å²) in [6.45, 7) is 3.33. The summed E-state index contributed by atoms with van der Waals surface area (Å²) in [5, 5.41) is 8.67. The lowest BCUT2D eigenvalue weighted by Crippen LogP contribution is -2.04. The highest BCUT2D eigenvalue weighted by Crippen LogP contribution is 2.12. The fraction of sp³-hybridized carbons (Fsp3) is 0.231. The lowest BCUT2D eigenvalue weighted by molar-refractivity contribution is -0.136. The van der Waals surface area contributed by atoms with Crippen molar-refractivity contribution < 1.29 is 14.7 Å². The number of aryl methyl sites for hydroxylation is 1. The van der Waals surface area contributed by atoms with Gasteiger partial charge in [0.15, 0.2) is 5.78 Å². The highest BCUT2D eigenvalue weighted by molar-refractivity contribution is 6.01. The number of carbonyl (C=O) groups is 2. The van der Waals surface area contributed by atoms with Gasteiger partial charge in [0, 0.05) is 5.57 Å². The van der Waals surface area contributed by atoms with Crippen LogP contribution in [0.4, 0.5) is 0 Å². The molecule has 1 aromatic carbocycles. The summed E-state index contributed by atoms with van der Waals surface area (Å²) in [5.41, 5.74) is 2.25. The third-order valence-corrected chi connectivity index (χ3v) is 2.18. The van der Waals surface area contributed by atoms with Gasteiger partial charge in [-0.15, -0.1) is 0 Å². The zero-order valence-electron chi connectivity index (χ0n) is 9.36. The largest absolute Gasteiger partial charge is 0.481 e. The van der Waals surface area contributed by atoms with E-state index in [2.05, 4.69) is 0 Å². The average molecular weight is 218 g/mol. The molecule has 1 N–H and O–H groups in total. The van der Waals surface area contributed by atoms with Gasteiger partial charge in [0.25, 0.3) is 0 Å². The number of benzene rings is 1. The lowest BCUT2D eigenvalue weighted by Gasteiger charge is -2.01. The molecule has 0 saturated heterocycles. The van der Waals surface area contributed by atoms with Gasteiger partial charge in [-0.25, -0.2) is 0 Å². The summed E-state index contributed by atoms with van der Waals surface area (Å²) in [5.74, 6) is -1.20. The molecule has 3 nitrogen and oxygen atoms in total. The molecule has 0 unspecified atom stereocenters. The second kappa shape index (κ2) is 5.26. The van der Waals surface area contributed by atoms with Gasteiger partial charge in [-0.3, -0.25) is 9.59 Å². The fourth-order valence-corrected chi connectivity index (χ4v) is 1.40. The van der Waals surface area contributed by atoms with Crippen molar-refractivity contribution in [3.05, 3.63) is 41.0 Å². The summed E-state index contributed by atoms with van der Waals surface area (Å²) >= 11 is 0. The van der Waals surface area contributed by atoms with Gasteiger partial charge in [-0.2, -0.15) is 0 Å². The van der Waals surface area contributed by atoms with Crippen LogP contribution in [0.15, 0.2) is 29.8 Å². The number of hydrogen-bond acceptors (Lipinski definition) is 2. The number of carboxylic acid groups (broad SMARTS) is 1. The van der Waals surface area contributed by atoms with Crippen LogP contribution in [-0.4, -0.2) is 16.9 Å². The Labute approximate surface area is 94.4 Å². The summed E-state index contributed by atoms with van der Waals surface area (Å²) in [4.78, 5) is 21.8. The second-order valence-corrected chi connectivity index (χ2v) is 3.71. The first kappa shape index (κ1) is 12.2. The minimum Gasteiger partial charge on any atom is -0.481 e. The van der Waals surface area contributed by atoms with Gasteiger partial charge in [0.05, 0.1) is 6.42 Å². The molecule has 0 aliphatic heterocycles. The van der Waals surface area contributed by atoms with Crippen LogP contribution in [-0.2, 0) is 9.59 Å². The van der Waals surface area contributed by atoms with Crippen LogP contribution in [0.2, 0.25) is 0 Å². The van der Waals surface area contributed by atoms with E-state index in [0.29, 0.717) is 5.57 Å². The molecule has 16 heavy (non-hydrogen) atoms. The predicted octanol–water partition coefficient (Wildman–Crippen LogP) is 2.44. The zero-order valence-corrected chi connectivity index (χ0v) is 9.36. The van der Waals surface area contributed by atoms with Gasteiger partial charge in [0.1, 0.15) is 0 Å². The number of ketones is 1. The van der Waals surface area contributed by atoms with Crippen molar-refractivity contribution >= 4 is 17.8 Å². The van der Waals surface area contributed by atoms with E-state index < -0.39 is 5.97 Å². The predicted molar refractivity (Wildman–Crippen MR) is 62.1 cm³/mol. The van der Waals surface area contributed by atoms with Crippen molar-refractivity contribution in [3.63, 3.8) is 0 Å². The van der Waals surface area contributed by atoms with E-state index in [1.807, 2.05) is 31.2 Å². The van der Waals surface area contributed by atoms with Crippen LogP contribution in [0.25, 0.3) is 6.08 Å². The van der Waals surface area contributed by atoms with E-state index in [9.17, 15) is 9.59 Å². The Morgan fingerprint density at radius 3 is 2.56 bits per heavy atom. The van der Waals surface area contributed by atoms with Gasteiger partial charge in [0.2, 0.25) is 0 Å². The van der Waals surface area contributed by atoms with E-state index in [-0.39, 0.29) is 12.2 Å². The molecule has 0 radical (unpaired) electrons. The maximum absolute atomic E-state index is 11.2. The third-order valence-electron chi connectivity index (χ3n) is 2.18. The van der Waals surface area contributed by atoms with Gasteiger partial charge < -0.3 is 5.11 Å². The highest BCUT2D eigenvalue weighted by Gasteiger charge is 2.08. The molecule has 0 aliphatic rings. The molecule has 0 fully saturated rings. The number of hydrogen-bond donors (Lipinski definition) is 1. The number of carbonyl (C=O) groups excluding carboxylic acids is 1. The quantitative estimate of drug-likeness (QED) is 0.790. The lowest BCUT2D eigenvalue weighted by atomic mass is 10.0. The summed E-state index contributed by atoms with van der Waals surface area (Å²) in [7, 11) is 0. The van der Waals surface area contributed by atoms with E-state index in [1.54, 1.807) is 6.08 Å². The molecule has 3 heteroatoms. The monoisotopic (exact) mass is 218 g/mol. The van der Waals surface area contributed by atoms with Crippen LogP contribution >= 0.6 is 0 Å². The summed E-state index contributed by atoms with van der Waals surface area (Å²) < 4.78 is 0. The molecule has 0 spiro atoms. The topological polar surface area (TPSA) is 54.4 Å². The maximum Gasteiger partial charge on any atom is 0.307 e. The Hall–Kier alpha value is -1.90.